The predicted molar refractivity (Wildman–Crippen MR) is 88.5 cm³/mol. The van der Waals surface area contributed by atoms with Crippen LogP contribution < -0.4 is 10.2 Å². The summed E-state index contributed by atoms with van der Waals surface area (Å²) >= 11 is 1.69. The van der Waals surface area contributed by atoms with E-state index in [0.29, 0.717) is 0 Å². The van der Waals surface area contributed by atoms with E-state index in [4.69, 9.17) is 0 Å². The maximum atomic E-state index is 9.43. The van der Waals surface area contributed by atoms with Gasteiger partial charge in [-0.25, -0.2) is 15.0 Å². The third kappa shape index (κ3) is 3.53. The Labute approximate surface area is 134 Å². The highest BCUT2D eigenvalue weighted by molar-refractivity contribution is 7.09. The maximum absolute atomic E-state index is 9.43. The Morgan fingerprint density at radius 1 is 1.45 bits per heavy atom. The zero-order chi connectivity index (χ0) is 15.4. The van der Waals surface area contributed by atoms with Crippen molar-refractivity contribution in [1.29, 1.82) is 0 Å². The molecule has 6 nitrogen and oxygen atoms in total. The van der Waals surface area contributed by atoms with Crippen LogP contribution in [0.1, 0.15) is 23.5 Å². The average molecular weight is 319 g/mol. The number of aryl methyl sites for hydroxylation is 1. The fraction of sp³-hybridized carbons (Fsp3) is 0.533. The highest BCUT2D eigenvalue weighted by atomic mass is 32.1. The van der Waals surface area contributed by atoms with Gasteiger partial charge in [0.25, 0.3) is 0 Å². The fourth-order valence-corrected chi connectivity index (χ4v) is 3.52. The lowest BCUT2D eigenvalue weighted by Gasteiger charge is -2.24. The van der Waals surface area contributed by atoms with Gasteiger partial charge in [-0.15, -0.1) is 11.3 Å². The molecule has 118 valence electrons. The van der Waals surface area contributed by atoms with E-state index in [0.717, 1.165) is 54.7 Å². The van der Waals surface area contributed by atoms with Crippen LogP contribution in [0.3, 0.4) is 0 Å². The number of hydrogen-bond acceptors (Lipinski definition) is 7. The third-order valence-corrected chi connectivity index (χ3v) is 4.87. The summed E-state index contributed by atoms with van der Waals surface area (Å²) in [4.78, 5) is 15.2. The Morgan fingerprint density at radius 3 is 3.14 bits per heavy atom. The van der Waals surface area contributed by atoms with E-state index in [9.17, 15) is 5.11 Å². The number of hydrogen-bond donors (Lipinski definition) is 2. The van der Waals surface area contributed by atoms with Gasteiger partial charge in [0.15, 0.2) is 0 Å². The zero-order valence-electron chi connectivity index (χ0n) is 12.7. The van der Waals surface area contributed by atoms with Gasteiger partial charge in [0.05, 0.1) is 17.7 Å². The van der Waals surface area contributed by atoms with Crippen molar-refractivity contribution in [2.75, 3.05) is 29.9 Å². The van der Waals surface area contributed by atoms with Crippen molar-refractivity contribution in [3.63, 3.8) is 0 Å². The molecule has 3 heterocycles. The van der Waals surface area contributed by atoms with E-state index in [1.165, 1.54) is 0 Å². The SMILES string of the molecule is Cc1csc(CCNc2cc(N3CCCC3CO)ncn2)n1. The Hall–Kier alpha value is -1.73. The second kappa shape index (κ2) is 7.02. The van der Waals surface area contributed by atoms with Crippen molar-refractivity contribution in [3.8, 4) is 0 Å². The highest BCUT2D eigenvalue weighted by Gasteiger charge is 2.25. The summed E-state index contributed by atoms with van der Waals surface area (Å²) in [5, 5.41) is 16.0. The summed E-state index contributed by atoms with van der Waals surface area (Å²) in [5.74, 6) is 1.71. The first kappa shape index (κ1) is 15.2. The second-order valence-electron chi connectivity index (χ2n) is 5.49. The van der Waals surface area contributed by atoms with Gasteiger partial charge in [0.1, 0.15) is 18.0 Å². The van der Waals surface area contributed by atoms with Crippen molar-refractivity contribution in [3.05, 3.63) is 28.5 Å². The standard InChI is InChI=1S/C15H21N5OS/c1-11-9-22-15(19-11)4-5-16-13-7-14(18-10-17-13)20-6-2-3-12(20)8-21/h7,9-10,12,21H,2-6,8H2,1H3,(H,16,17,18). The lowest BCUT2D eigenvalue weighted by atomic mass is 10.2. The number of nitrogens with one attached hydrogen (secondary N) is 1. The molecule has 0 radical (unpaired) electrons. The van der Waals surface area contributed by atoms with Gasteiger partial charge in [-0.3, -0.25) is 0 Å². The molecule has 1 fully saturated rings. The molecular weight excluding hydrogens is 298 g/mol. The second-order valence-corrected chi connectivity index (χ2v) is 6.44. The van der Waals surface area contributed by atoms with Crippen LogP contribution >= 0.6 is 11.3 Å². The van der Waals surface area contributed by atoms with Crippen LogP contribution in [0.15, 0.2) is 17.8 Å². The molecule has 0 aliphatic carbocycles. The van der Waals surface area contributed by atoms with E-state index in [2.05, 4.69) is 30.5 Å². The van der Waals surface area contributed by atoms with Gasteiger partial charge in [0, 0.05) is 36.7 Å². The minimum atomic E-state index is 0.177. The Morgan fingerprint density at radius 2 is 2.36 bits per heavy atom. The lowest BCUT2D eigenvalue weighted by Crippen LogP contribution is -2.32. The smallest absolute Gasteiger partial charge is 0.134 e. The van der Waals surface area contributed by atoms with Crippen LogP contribution in [0.5, 0.6) is 0 Å². The molecule has 1 saturated heterocycles. The summed E-state index contributed by atoms with van der Waals surface area (Å²) in [5.41, 5.74) is 1.08. The third-order valence-electron chi connectivity index (χ3n) is 3.85. The number of rotatable bonds is 6. The molecule has 7 heteroatoms. The molecule has 2 aromatic rings. The summed E-state index contributed by atoms with van der Waals surface area (Å²) in [6.07, 6.45) is 4.59. The van der Waals surface area contributed by atoms with Crippen molar-refractivity contribution >= 4 is 23.0 Å². The van der Waals surface area contributed by atoms with E-state index in [-0.39, 0.29) is 12.6 Å². The minimum Gasteiger partial charge on any atom is -0.394 e. The zero-order valence-corrected chi connectivity index (χ0v) is 13.5. The highest BCUT2D eigenvalue weighted by Crippen LogP contribution is 2.24. The molecule has 0 spiro atoms. The minimum absolute atomic E-state index is 0.177. The molecule has 1 aliphatic rings. The van der Waals surface area contributed by atoms with Gasteiger partial charge in [0.2, 0.25) is 0 Å². The van der Waals surface area contributed by atoms with Gasteiger partial charge in [-0.2, -0.15) is 0 Å². The van der Waals surface area contributed by atoms with Crippen molar-refractivity contribution in [2.45, 2.75) is 32.2 Å². The van der Waals surface area contributed by atoms with Crippen LogP contribution in [0.4, 0.5) is 11.6 Å². The molecule has 22 heavy (non-hydrogen) atoms. The fourth-order valence-electron chi connectivity index (χ4n) is 2.74. The Kier molecular flexibility index (Phi) is 4.84. The monoisotopic (exact) mass is 319 g/mol. The van der Waals surface area contributed by atoms with Crippen LogP contribution in [0.2, 0.25) is 0 Å². The molecule has 0 saturated carbocycles. The molecule has 0 amide bonds. The van der Waals surface area contributed by atoms with E-state index in [1.807, 2.05) is 13.0 Å². The largest absolute Gasteiger partial charge is 0.394 e. The van der Waals surface area contributed by atoms with Gasteiger partial charge in [-0.1, -0.05) is 0 Å². The molecule has 2 aromatic heterocycles. The summed E-state index contributed by atoms with van der Waals surface area (Å²) in [7, 11) is 0. The Bertz CT molecular complexity index is 617. The van der Waals surface area contributed by atoms with E-state index < -0.39 is 0 Å². The molecule has 0 aromatic carbocycles. The topological polar surface area (TPSA) is 74.2 Å². The Balaban J connectivity index is 1.59. The van der Waals surface area contributed by atoms with E-state index >= 15 is 0 Å². The summed E-state index contributed by atoms with van der Waals surface area (Å²) in [6, 6.07) is 2.14. The molecule has 1 aliphatic heterocycles. The van der Waals surface area contributed by atoms with Crippen LogP contribution in [-0.2, 0) is 6.42 Å². The number of aromatic nitrogens is 3. The number of aliphatic hydroxyl groups excluding tert-OH is 1. The first-order valence-electron chi connectivity index (χ1n) is 7.60. The quantitative estimate of drug-likeness (QED) is 0.846. The lowest BCUT2D eigenvalue weighted by molar-refractivity contribution is 0.266. The number of aliphatic hydroxyl groups is 1. The first-order chi connectivity index (χ1) is 10.8. The normalized spacial score (nSPS) is 17.9. The average Bonchev–Trinajstić information content (AvgIpc) is 3.16. The molecule has 2 N–H and O–H groups in total. The summed E-state index contributed by atoms with van der Waals surface area (Å²) < 4.78 is 0. The molecule has 1 atom stereocenters. The van der Waals surface area contributed by atoms with Crippen molar-refractivity contribution in [2.24, 2.45) is 0 Å². The molecule has 3 rings (SSSR count). The molecule has 1 unspecified atom stereocenters. The van der Waals surface area contributed by atoms with Gasteiger partial charge >= 0.3 is 0 Å². The van der Waals surface area contributed by atoms with E-state index in [1.54, 1.807) is 17.7 Å². The van der Waals surface area contributed by atoms with Crippen molar-refractivity contribution < 1.29 is 5.11 Å². The molecular formula is C15H21N5OS. The first-order valence-corrected chi connectivity index (χ1v) is 8.48. The predicted octanol–water partition coefficient (Wildman–Crippen LogP) is 1.86. The number of anilines is 2. The van der Waals surface area contributed by atoms with Crippen LogP contribution in [0.25, 0.3) is 0 Å². The number of thiazole rings is 1. The van der Waals surface area contributed by atoms with Crippen molar-refractivity contribution in [1.82, 2.24) is 15.0 Å². The maximum Gasteiger partial charge on any atom is 0.134 e. The van der Waals surface area contributed by atoms with Crippen LogP contribution in [0, 0.1) is 6.92 Å². The van der Waals surface area contributed by atoms with Gasteiger partial charge < -0.3 is 15.3 Å². The number of nitrogens with zero attached hydrogens (tertiary/aromatic N) is 4. The molecule has 0 bridgehead atoms. The summed E-state index contributed by atoms with van der Waals surface area (Å²) in [6.45, 7) is 3.93. The van der Waals surface area contributed by atoms with Gasteiger partial charge in [-0.05, 0) is 19.8 Å². The van der Waals surface area contributed by atoms with Crippen LogP contribution in [-0.4, -0.2) is 45.8 Å².